The first kappa shape index (κ1) is 27.2. The lowest BCUT2D eigenvalue weighted by Gasteiger charge is -2.12. The second-order valence-electron chi connectivity index (χ2n) is 8.62. The summed E-state index contributed by atoms with van der Waals surface area (Å²) in [6.45, 7) is 3.94. The first-order valence-electron chi connectivity index (χ1n) is 12.3. The van der Waals surface area contributed by atoms with Crippen molar-refractivity contribution in [2.24, 2.45) is 0 Å². The number of methoxy groups -OCH3 is 3. The van der Waals surface area contributed by atoms with Gasteiger partial charge in [-0.25, -0.2) is 4.98 Å². The summed E-state index contributed by atoms with van der Waals surface area (Å²) in [5, 5.41) is 5.79. The third-order valence-corrected chi connectivity index (χ3v) is 7.04. The highest BCUT2D eigenvalue weighted by molar-refractivity contribution is 7.09. The number of nitrogens with one attached hydrogen (secondary N) is 1. The molecule has 2 heterocycles. The Morgan fingerprint density at radius 1 is 0.974 bits per heavy atom. The highest BCUT2D eigenvalue weighted by Crippen LogP contribution is 2.29. The molecule has 0 radical (unpaired) electrons. The number of carbonyl (C=O) groups is 1. The number of amides is 1. The molecule has 0 atom stereocenters. The van der Waals surface area contributed by atoms with Crippen molar-refractivity contribution < 1.29 is 23.7 Å². The molecule has 2 aromatic heterocycles. The minimum atomic E-state index is -0.123. The van der Waals surface area contributed by atoms with Crippen LogP contribution in [-0.2, 0) is 24.3 Å². The standard InChI is InChI=1S/C29H33N3O5S/c1-20-25(29(33)30-14-16-34-2)17-27(32(20)15-13-21-5-7-22(35-3)8-6-21)26-19-38-28(31-26)18-37-24-11-9-23(36-4)10-12-24/h5-12,17,19H,13-16,18H2,1-4H3,(H,30,33). The molecule has 8 nitrogen and oxygen atoms in total. The number of ether oxygens (including phenoxy) is 4. The van der Waals surface area contributed by atoms with Crippen molar-refractivity contribution >= 4 is 17.2 Å². The first-order valence-corrected chi connectivity index (χ1v) is 13.2. The fraction of sp³-hybridized carbons (Fsp3) is 0.310. The molecule has 0 spiro atoms. The number of rotatable bonds is 13. The normalized spacial score (nSPS) is 10.8. The Kier molecular flexibility index (Phi) is 9.40. The molecule has 0 bridgehead atoms. The number of hydrogen-bond acceptors (Lipinski definition) is 7. The molecule has 0 saturated carbocycles. The molecule has 0 aliphatic rings. The first-order chi connectivity index (χ1) is 18.5. The van der Waals surface area contributed by atoms with E-state index in [1.165, 1.54) is 16.9 Å². The van der Waals surface area contributed by atoms with E-state index in [0.29, 0.717) is 31.9 Å². The Labute approximate surface area is 227 Å². The molecule has 0 unspecified atom stereocenters. The summed E-state index contributed by atoms with van der Waals surface area (Å²) < 4.78 is 23.6. The van der Waals surface area contributed by atoms with E-state index in [4.69, 9.17) is 23.9 Å². The maximum absolute atomic E-state index is 13.0. The van der Waals surface area contributed by atoms with Crippen molar-refractivity contribution in [3.8, 4) is 28.6 Å². The minimum Gasteiger partial charge on any atom is -0.497 e. The average Bonchev–Trinajstić information content (AvgIpc) is 3.55. The van der Waals surface area contributed by atoms with Gasteiger partial charge >= 0.3 is 0 Å². The molecule has 0 aliphatic carbocycles. The zero-order valence-electron chi connectivity index (χ0n) is 22.2. The molecule has 1 amide bonds. The van der Waals surface area contributed by atoms with Gasteiger partial charge in [0.25, 0.3) is 5.91 Å². The lowest BCUT2D eigenvalue weighted by Crippen LogP contribution is -2.27. The van der Waals surface area contributed by atoms with Crippen LogP contribution in [-0.4, -0.2) is 49.9 Å². The number of thiazole rings is 1. The Bertz CT molecular complexity index is 1330. The average molecular weight is 536 g/mol. The predicted octanol–water partition coefficient (Wildman–Crippen LogP) is 5.14. The van der Waals surface area contributed by atoms with Crippen molar-refractivity contribution in [1.29, 1.82) is 0 Å². The fourth-order valence-corrected chi connectivity index (χ4v) is 4.78. The molecule has 0 aliphatic heterocycles. The zero-order valence-corrected chi connectivity index (χ0v) is 23.0. The van der Waals surface area contributed by atoms with Gasteiger partial charge in [-0.05, 0) is 61.4 Å². The van der Waals surface area contributed by atoms with Crippen LogP contribution in [0.25, 0.3) is 11.4 Å². The van der Waals surface area contributed by atoms with Crippen LogP contribution in [0.2, 0.25) is 0 Å². The molecule has 1 N–H and O–H groups in total. The van der Waals surface area contributed by atoms with Gasteiger partial charge in [0.05, 0.1) is 37.8 Å². The molecule has 2 aromatic carbocycles. The minimum absolute atomic E-state index is 0.123. The number of nitrogens with zero attached hydrogens (tertiary/aromatic N) is 2. The molecule has 38 heavy (non-hydrogen) atoms. The second kappa shape index (κ2) is 13.1. The van der Waals surface area contributed by atoms with Crippen molar-refractivity contribution in [2.75, 3.05) is 34.5 Å². The molecule has 200 valence electrons. The van der Waals surface area contributed by atoms with Crippen molar-refractivity contribution in [2.45, 2.75) is 26.5 Å². The number of aromatic nitrogens is 2. The van der Waals surface area contributed by atoms with E-state index in [0.717, 1.165) is 45.8 Å². The highest BCUT2D eigenvalue weighted by atomic mass is 32.1. The molecule has 4 rings (SSSR count). The summed E-state index contributed by atoms with van der Waals surface area (Å²) in [5.41, 5.74) is 4.43. The van der Waals surface area contributed by atoms with E-state index in [-0.39, 0.29) is 5.91 Å². The van der Waals surface area contributed by atoms with Crippen LogP contribution in [0, 0.1) is 6.92 Å². The Morgan fingerprint density at radius 3 is 2.29 bits per heavy atom. The van der Waals surface area contributed by atoms with Gasteiger partial charge in [0.2, 0.25) is 0 Å². The zero-order chi connectivity index (χ0) is 26.9. The van der Waals surface area contributed by atoms with Gasteiger partial charge < -0.3 is 28.8 Å². The summed E-state index contributed by atoms with van der Waals surface area (Å²) >= 11 is 1.53. The van der Waals surface area contributed by atoms with E-state index >= 15 is 0 Å². The van der Waals surface area contributed by atoms with Crippen LogP contribution in [0.4, 0.5) is 0 Å². The summed E-state index contributed by atoms with van der Waals surface area (Å²) in [6, 6.07) is 17.4. The maximum atomic E-state index is 13.0. The summed E-state index contributed by atoms with van der Waals surface area (Å²) in [5.74, 6) is 2.23. The summed E-state index contributed by atoms with van der Waals surface area (Å²) in [6.07, 6.45) is 0.800. The fourth-order valence-electron chi connectivity index (χ4n) is 4.08. The van der Waals surface area contributed by atoms with Gasteiger partial charge in [-0.3, -0.25) is 4.79 Å². The predicted molar refractivity (Wildman–Crippen MR) is 149 cm³/mol. The van der Waals surface area contributed by atoms with Crippen LogP contribution < -0.4 is 19.5 Å². The topological polar surface area (TPSA) is 83.8 Å². The molecular formula is C29H33N3O5S. The molecule has 0 fully saturated rings. The van der Waals surface area contributed by atoms with E-state index in [1.807, 2.05) is 54.8 Å². The number of hydrogen-bond donors (Lipinski definition) is 1. The van der Waals surface area contributed by atoms with Crippen LogP contribution in [0.1, 0.15) is 26.6 Å². The van der Waals surface area contributed by atoms with Gasteiger partial charge in [-0.15, -0.1) is 11.3 Å². The van der Waals surface area contributed by atoms with E-state index in [2.05, 4.69) is 22.0 Å². The van der Waals surface area contributed by atoms with Crippen LogP contribution in [0.3, 0.4) is 0 Å². The van der Waals surface area contributed by atoms with E-state index in [9.17, 15) is 4.79 Å². The quantitative estimate of drug-likeness (QED) is 0.239. The number of benzene rings is 2. The smallest absolute Gasteiger partial charge is 0.253 e. The third-order valence-electron chi connectivity index (χ3n) is 6.22. The van der Waals surface area contributed by atoms with Crippen molar-refractivity contribution in [3.05, 3.63) is 81.8 Å². The lowest BCUT2D eigenvalue weighted by molar-refractivity contribution is 0.0936. The lowest BCUT2D eigenvalue weighted by atomic mass is 10.1. The van der Waals surface area contributed by atoms with Crippen LogP contribution in [0.15, 0.2) is 60.0 Å². The van der Waals surface area contributed by atoms with Gasteiger partial charge in [0, 0.05) is 31.3 Å². The monoisotopic (exact) mass is 535 g/mol. The van der Waals surface area contributed by atoms with Gasteiger partial charge in [-0.1, -0.05) is 12.1 Å². The maximum Gasteiger partial charge on any atom is 0.253 e. The Balaban J connectivity index is 1.54. The molecule has 0 saturated heterocycles. The molecule has 9 heteroatoms. The van der Waals surface area contributed by atoms with Gasteiger partial charge in [0.1, 0.15) is 28.9 Å². The number of aryl methyl sites for hydroxylation is 1. The highest BCUT2D eigenvalue weighted by Gasteiger charge is 2.20. The summed E-state index contributed by atoms with van der Waals surface area (Å²) in [4.78, 5) is 17.8. The van der Waals surface area contributed by atoms with Crippen molar-refractivity contribution in [3.63, 3.8) is 0 Å². The molecular weight excluding hydrogens is 502 g/mol. The van der Waals surface area contributed by atoms with Gasteiger partial charge in [0.15, 0.2) is 0 Å². The largest absolute Gasteiger partial charge is 0.497 e. The third kappa shape index (κ3) is 6.73. The van der Waals surface area contributed by atoms with E-state index < -0.39 is 0 Å². The second-order valence-corrected chi connectivity index (χ2v) is 9.56. The van der Waals surface area contributed by atoms with Crippen LogP contribution in [0.5, 0.6) is 17.2 Å². The van der Waals surface area contributed by atoms with Gasteiger partial charge in [-0.2, -0.15) is 0 Å². The molecule has 4 aromatic rings. The van der Waals surface area contributed by atoms with Crippen LogP contribution >= 0.6 is 11.3 Å². The SMILES string of the molecule is COCCNC(=O)c1cc(-c2csc(COc3ccc(OC)cc3)n2)n(CCc2ccc(OC)cc2)c1C. The number of carbonyl (C=O) groups excluding carboxylic acids is 1. The Hall–Kier alpha value is -3.82. The summed E-state index contributed by atoms with van der Waals surface area (Å²) in [7, 11) is 4.91. The van der Waals surface area contributed by atoms with E-state index in [1.54, 1.807) is 21.3 Å². The Morgan fingerprint density at radius 2 is 1.63 bits per heavy atom. The van der Waals surface area contributed by atoms with Crippen molar-refractivity contribution in [1.82, 2.24) is 14.9 Å².